The van der Waals surface area contributed by atoms with E-state index in [1.54, 1.807) is 24.3 Å². The van der Waals surface area contributed by atoms with E-state index < -0.39 is 40.6 Å². The highest BCUT2D eigenvalue weighted by Crippen LogP contribution is 2.54. The van der Waals surface area contributed by atoms with Gasteiger partial charge in [0.25, 0.3) is 0 Å². The number of para-hydroxylation sites is 1. The summed E-state index contributed by atoms with van der Waals surface area (Å²) in [5.74, 6) is -2.42. The molecular formula is C28H19F3N2O4S2. The number of thioether (sulfide) groups is 1. The van der Waals surface area contributed by atoms with Crippen molar-refractivity contribution in [2.45, 2.75) is 29.0 Å². The molecule has 0 spiro atoms. The third-order valence-corrected chi connectivity index (χ3v) is 9.15. The summed E-state index contributed by atoms with van der Waals surface area (Å²) in [6, 6.07) is 20.8. The molecule has 11 heteroatoms. The maximum absolute atomic E-state index is 13.9. The van der Waals surface area contributed by atoms with Gasteiger partial charge >= 0.3 is 11.0 Å². The number of alkyl halides is 3. The van der Waals surface area contributed by atoms with Crippen molar-refractivity contribution in [3.63, 3.8) is 0 Å². The number of hydrogen-bond donors (Lipinski definition) is 1. The van der Waals surface area contributed by atoms with E-state index in [0.29, 0.717) is 21.2 Å². The molecule has 198 valence electrons. The summed E-state index contributed by atoms with van der Waals surface area (Å²) in [7, 11) is 0. The zero-order valence-corrected chi connectivity index (χ0v) is 21.6. The van der Waals surface area contributed by atoms with Crippen molar-refractivity contribution < 1.29 is 27.5 Å². The fraction of sp³-hybridized carbons (Fsp3) is 0.179. The van der Waals surface area contributed by atoms with E-state index in [4.69, 9.17) is 4.74 Å². The lowest BCUT2D eigenvalue weighted by molar-refractivity contribution is -0.137. The van der Waals surface area contributed by atoms with Gasteiger partial charge in [-0.3, -0.25) is 14.4 Å². The van der Waals surface area contributed by atoms with Crippen LogP contribution in [0.2, 0.25) is 0 Å². The second kappa shape index (κ2) is 9.73. The van der Waals surface area contributed by atoms with E-state index in [0.717, 1.165) is 45.7 Å². The molecule has 6 rings (SSSR count). The molecule has 0 saturated carbocycles. The summed E-state index contributed by atoms with van der Waals surface area (Å²) in [6.45, 7) is 0.257. The molecule has 0 bridgehead atoms. The summed E-state index contributed by atoms with van der Waals surface area (Å²) >= 11 is 2.02. The molecule has 6 nitrogen and oxygen atoms in total. The third-order valence-electron chi connectivity index (χ3n) is 6.75. The topological polar surface area (TPSA) is 79.5 Å². The molecule has 1 fully saturated rings. The lowest BCUT2D eigenvalue weighted by Crippen LogP contribution is -2.32. The number of H-pyrrole nitrogens is 1. The Balaban J connectivity index is 1.43. The van der Waals surface area contributed by atoms with Crippen molar-refractivity contribution in [1.29, 1.82) is 0 Å². The number of amides is 2. The Hall–Kier alpha value is -3.83. The van der Waals surface area contributed by atoms with Gasteiger partial charge in [-0.05, 0) is 29.8 Å². The highest BCUT2D eigenvalue weighted by molar-refractivity contribution is 8.00. The van der Waals surface area contributed by atoms with Crippen LogP contribution in [0, 0.1) is 5.92 Å². The molecule has 1 aromatic heterocycles. The van der Waals surface area contributed by atoms with E-state index in [-0.39, 0.29) is 17.2 Å². The van der Waals surface area contributed by atoms with Crippen molar-refractivity contribution in [3.8, 4) is 5.75 Å². The molecule has 4 aromatic rings. The van der Waals surface area contributed by atoms with Gasteiger partial charge in [0.1, 0.15) is 17.6 Å². The van der Waals surface area contributed by atoms with Crippen LogP contribution >= 0.6 is 23.1 Å². The zero-order valence-electron chi connectivity index (χ0n) is 20.0. The monoisotopic (exact) mass is 568 g/mol. The molecule has 3 heterocycles. The van der Waals surface area contributed by atoms with Gasteiger partial charge in [-0.25, -0.2) is 4.90 Å². The van der Waals surface area contributed by atoms with E-state index in [2.05, 4.69) is 4.98 Å². The number of benzene rings is 3. The van der Waals surface area contributed by atoms with Gasteiger partial charge in [0.05, 0.1) is 22.2 Å². The van der Waals surface area contributed by atoms with Gasteiger partial charge in [-0.2, -0.15) is 13.2 Å². The van der Waals surface area contributed by atoms with Crippen molar-refractivity contribution in [2.24, 2.45) is 5.92 Å². The molecule has 0 radical (unpaired) electrons. The minimum atomic E-state index is -4.63. The van der Waals surface area contributed by atoms with Crippen LogP contribution in [-0.4, -0.2) is 22.0 Å². The summed E-state index contributed by atoms with van der Waals surface area (Å²) < 4.78 is 46.4. The first kappa shape index (κ1) is 25.4. The minimum Gasteiger partial charge on any atom is -0.489 e. The standard InChI is InChI=1S/C28H19F3N2O4S2/c29-28(30,31)16-9-6-10-17(13-16)33-25(34)21-20(22-24(32-27(36)39-22)38-23(21)26(33)35)18-11-4-5-12-19(18)37-14-15-7-2-1-3-8-15/h1-13,20-21,23H,14H2,(H,32,36)/t20-,21-,23+/m0/s1. The van der Waals surface area contributed by atoms with Crippen LogP contribution in [-0.2, 0) is 22.4 Å². The SMILES string of the molecule is O=C1[C@H]2[C@H](c3ccccc3OCc3ccccc3)c3sc(=O)[nH]c3S[C@H]2C(=O)N1c1cccc(C(F)(F)F)c1. The average Bonchev–Trinajstić information content (AvgIpc) is 3.42. The second-order valence-electron chi connectivity index (χ2n) is 9.12. The highest BCUT2D eigenvalue weighted by Gasteiger charge is 2.57. The normalized spacial score (nSPS) is 20.6. The van der Waals surface area contributed by atoms with Crippen LogP contribution in [0.4, 0.5) is 18.9 Å². The van der Waals surface area contributed by atoms with Gasteiger partial charge in [-0.15, -0.1) is 0 Å². The van der Waals surface area contributed by atoms with Gasteiger partial charge in [0, 0.05) is 16.4 Å². The summed E-state index contributed by atoms with van der Waals surface area (Å²) in [4.78, 5) is 43.7. The van der Waals surface area contributed by atoms with Crippen LogP contribution in [0.1, 0.15) is 27.5 Å². The first-order valence-corrected chi connectivity index (χ1v) is 13.6. The average molecular weight is 569 g/mol. The van der Waals surface area contributed by atoms with Crippen molar-refractivity contribution in [3.05, 3.63) is 110 Å². The number of carbonyl (C=O) groups excluding carboxylic acids is 2. The maximum Gasteiger partial charge on any atom is 0.416 e. The number of ether oxygens (including phenoxy) is 1. The van der Waals surface area contributed by atoms with Crippen LogP contribution < -0.4 is 14.5 Å². The van der Waals surface area contributed by atoms with Crippen LogP contribution in [0.3, 0.4) is 0 Å². The Morgan fingerprint density at radius 2 is 1.64 bits per heavy atom. The van der Waals surface area contributed by atoms with E-state index in [1.165, 1.54) is 12.1 Å². The van der Waals surface area contributed by atoms with Crippen molar-refractivity contribution in [1.82, 2.24) is 4.98 Å². The number of halogens is 3. The van der Waals surface area contributed by atoms with Gasteiger partial charge in [-0.1, -0.05) is 77.7 Å². The van der Waals surface area contributed by atoms with Gasteiger partial charge in [0.2, 0.25) is 11.8 Å². The summed E-state index contributed by atoms with van der Waals surface area (Å²) in [6.07, 6.45) is -4.63. The number of nitrogens with one attached hydrogen (secondary N) is 1. The number of aromatic nitrogens is 1. The smallest absolute Gasteiger partial charge is 0.416 e. The number of fused-ring (bicyclic) bond motifs is 2. The molecule has 0 unspecified atom stereocenters. The molecule has 3 aromatic carbocycles. The molecule has 2 amide bonds. The van der Waals surface area contributed by atoms with Crippen LogP contribution in [0.5, 0.6) is 5.75 Å². The molecule has 2 aliphatic heterocycles. The summed E-state index contributed by atoms with van der Waals surface area (Å²) in [5, 5.41) is -0.460. The van der Waals surface area contributed by atoms with E-state index in [1.807, 2.05) is 30.3 Å². The molecule has 0 aliphatic carbocycles. The Morgan fingerprint density at radius 3 is 2.41 bits per heavy atom. The van der Waals surface area contributed by atoms with Gasteiger partial charge in [0.15, 0.2) is 0 Å². The van der Waals surface area contributed by atoms with E-state index in [9.17, 15) is 27.6 Å². The molecule has 1 saturated heterocycles. The number of aromatic amines is 1. The Morgan fingerprint density at radius 1 is 0.897 bits per heavy atom. The fourth-order valence-corrected chi connectivity index (χ4v) is 7.54. The number of imide groups is 1. The van der Waals surface area contributed by atoms with Crippen LogP contribution in [0.25, 0.3) is 0 Å². The first-order valence-electron chi connectivity index (χ1n) is 11.9. The Bertz CT molecular complexity index is 1630. The molecular weight excluding hydrogens is 549 g/mol. The fourth-order valence-electron chi connectivity index (χ4n) is 5.03. The Kier molecular flexibility index (Phi) is 6.35. The molecule has 3 atom stereocenters. The van der Waals surface area contributed by atoms with Crippen molar-refractivity contribution in [2.75, 3.05) is 4.90 Å². The number of hydrogen-bond acceptors (Lipinski definition) is 6. The zero-order chi connectivity index (χ0) is 27.3. The predicted octanol–water partition coefficient (Wildman–Crippen LogP) is 5.83. The first-order chi connectivity index (χ1) is 18.7. The maximum atomic E-state index is 13.9. The number of carbonyl (C=O) groups is 2. The van der Waals surface area contributed by atoms with Crippen molar-refractivity contribution >= 4 is 40.6 Å². The number of thiazole rings is 1. The highest BCUT2D eigenvalue weighted by atomic mass is 32.2. The number of nitrogens with zero attached hydrogens (tertiary/aromatic N) is 1. The van der Waals surface area contributed by atoms with Crippen LogP contribution in [0.15, 0.2) is 88.7 Å². The predicted molar refractivity (Wildman–Crippen MR) is 141 cm³/mol. The summed E-state index contributed by atoms with van der Waals surface area (Å²) in [5.41, 5.74) is 0.452. The molecule has 2 aliphatic rings. The Labute approximate surface area is 228 Å². The largest absolute Gasteiger partial charge is 0.489 e. The van der Waals surface area contributed by atoms with E-state index >= 15 is 0 Å². The minimum absolute atomic E-state index is 0.140. The quantitative estimate of drug-likeness (QED) is 0.307. The van der Waals surface area contributed by atoms with Gasteiger partial charge < -0.3 is 9.72 Å². The second-order valence-corrected chi connectivity index (χ2v) is 11.3. The number of anilines is 1. The third kappa shape index (κ3) is 4.55. The molecule has 1 N–H and O–H groups in total. The number of rotatable bonds is 5. The lowest BCUT2D eigenvalue weighted by Gasteiger charge is -2.30. The lowest BCUT2D eigenvalue weighted by atomic mass is 9.82. The molecule has 39 heavy (non-hydrogen) atoms.